The van der Waals surface area contributed by atoms with Crippen LogP contribution in [0.3, 0.4) is 0 Å². The number of nitrogens with zero attached hydrogens (tertiary/aromatic N) is 1. The zero-order valence-electron chi connectivity index (χ0n) is 12.6. The molecule has 0 spiro atoms. The van der Waals surface area contributed by atoms with Gasteiger partial charge in [-0.1, -0.05) is 31.5 Å². The van der Waals surface area contributed by atoms with Crippen LogP contribution in [0.15, 0.2) is 18.2 Å². The second-order valence-corrected chi connectivity index (χ2v) is 5.06. The van der Waals surface area contributed by atoms with Crippen molar-refractivity contribution in [3.63, 3.8) is 0 Å². The van der Waals surface area contributed by atoms with E-state index in [1.54, 1.807) is 4.90 Å². The largest absolute Gasteiger partial charge is 0.322 e. The number of imide groups is 1. The second kappa shape index (κ2) is 6.08. The minimum absolute atomic E-state index is 0.117. The Kier molecular flexibility index (Phi) is 4.40. The molecule has 112 valence electrons. The molecule has 0 bridgehead atoms. The Morgan fingerprint density at radius 3 is 2.57 bits per heavy atom. The van der Waals surface area contributed by atoms with Gasteiger partial charge in [0.15, 0.2) is 0 Å². The maximum absolute atomic E-state index is 12.3. The summed E-state index contributed by atoms with van der Waals surface area (Å²) in [5, 5.41) is 2.29. The highest BCUT2D eigenvalue weighted by atomic mass is 16.2. The molecular formula is C16H20N2O3. The SMILES string of the molecule is CC.Cc1ccc2c(c1)C(=O)N([C@@H]1CCC(=O)NC1=O)C2. The molecule has 0 aromatic heterocycles. The number of rotatable bonds is 1. The molecule has 3 rings (SSSR count). The monoisotopic (exact) mass is 288 g/mol. The average molecular weight is 288 g/mol. The molecule has 1 saturated heterocycles. The van der Waals surface area contributed by atoms with E-state index in [1.165, 1.54) is 0 Å². The number of carbonyl (C=O) groups excluding carboxylic acids is 3. The molecule has 1 fully saturated rings. The van der Waals surface area contributed by atoms with Gasteiger partial charge in [-0.15, -0.1) is 0 Å². The van der Waals surface area contributed by atoms with Crippen molar-refractivity contribution in [1.82, 2.24) is 10.2 Å². The van der Waals surface area contributed by atoms with Gasteiger partial charge in [-0.05, 0) is 25.0 Å². The number of piperidine rings is 1. The van der Waals surface area contributed by atoms with Gasteiger partial charge in [-0.2, -0.15) is 0 Å². The fourth-order valence-electron chi connectivity index (χ4n) is 2.67. The van der Waals surface area contributed by atoms with E-state index in [1.807, 2.05) is 39.0 Å². The maximum atomic E-state index is 12.3. The lowest BCUT2D eigenvalue weighted by Crippen LogP contribution is -2.52. The van der Waals surface area contributed by atoms with Gasteiger partial charge in [0.05, 0.1) is 0 Å². The first-order valence-electron chi connectivity index (χ1n) is 7.30. The highest BCUT2D eigenvalue weighted by molar-refractivity contribution is 6.05. The van der Waals surface area contributed by atoms with Crippen molar-refractivity contribution in [2.45, 2.75) is 46.2 Å². The topological polar surface area (TPSA) is 66.5 Å². The van der Waals surface area contributed by atoms with Crippen molar-refractivity contribution in [2.24, 2.45) is 0 Å². The molecule has 21 heavy (non-hydrogen) atoms. The lowest BCUT2D eigenvalue weighted by atomic mass is 10.0. The van der Waals surface area contributed by atoms with E-state index in [0.717, 1.165) is 11.1 Å². The molecule has 2 heterocycles. The van der Waals surface area contributed by atoms with Crippen molar-refractivity contribution >= 4 is 17.7 Å². The molecule has 2 aliphatic heterocycles. The zero-order chi connectivity index (χ0) is 15.6. The molecule has 1 aromatic carbocycles. The summed E-state index contributed by atoms with van der Waals surface area (Å²) in [6.07, 6.45) is 0.693. The van der Waals surface area contributed by atoms with Crippen LogP contribution in [-0.2, 0) is 16.1 Å². The van der Waals surface area contributed by atoms with Gasteiger partial charge in [0.1, 0.15) is 6.04 Å². The summed E-state index contributed by atoms with van der Waals surface area (Å²) in [5.41, 5.74) is 2.64. The average Bonchev–Trinajstić information content (AvgIpc) is 2.78. The summed E-state index contributed by atoms with van der Waals surface area (Å²) >= 11 is 0. The Balaban J connectivity index is 0.000000774. The number of nitrogens with one attached hydrogen (secondary N) is 1. The van der Waals surface area contributed by atoms with Gasteiger partial charge < -0.3 is 4.90 Å². The number of hydrogen-bond acceptors (Lipinski definition) is 3. The van der Waals surface area contributed by atoms with Gasteiger partial charge in [0, 0.05) is 18.5 Å². The minimum atomic E-state index is -0.530. The Bertz CT molecular complexity index is 595. The second-order valence-electron chi connectivity index (χ2n) is 5.06. The molecule has 2 aliphatic rings. The third-order valence-electron chi connectivity index (χ3n) is 3.68. The van der Waals surface area contributed by atoms with E-state index in [4.69, 9.17) is 0 Å². The summed E-state index contributed by atoms with van der Waals surface area (Å²) < 4.78 is 0. The van der Waals surface area contributed by atoms with Crippen LogP contribution < -0.4 is 5.32 Å². The highest BCUT2D eigenvalue weighted by Gasteiger charge is 2.38. The van der Waals surface area contributed by atoms with Crippen LogP contribution >= 0.6 is 0 Å². The summed E-state index contributed by atoms with van der Waals surface area (Å²) in [4.78, 5) is 36.9. The fraction of sp³-hybridized carbons (Fsp3) is 0.438. The standard InChI is InChI=1S/C14H14N2O3.C2H6/c1-8-2-3-9-7-16(14(19)10(9)6-8)11-4-5-12(17)15-13(11)18;1-2/h2-3,6,11H,4-5,7H2,1H3,(H,15,17,18);1-2H3/t11-;/m1./s1. The predicted molar refractivity (Wildman–Crippen MR) is 78.6 cm³/mol. The lowest BCUT2D eigenvalue weighted by molar-refractivity contribution is -0.136. The van der Waals surface area contributed by atoms with E-state index in [9.17, 15) is 14.4 Å². The fourth-order valence-corrected chi connectivity index (χ4v) is 2.67. The van der Waals surface area contributed by atoms with Gasteiger partial charge in [-0.25, -0.2) is 0 Å². The third kappa shape index (κ3) is 2.82. The number of benzene rings is 1. The Morgan fingerprint density at radius 2 is 1.90 bits per heavy atom. The van der Waals surface area contributed by atoms with Crippen LogP contribution in [-0.4, -0.2) is 28.7 Å². The molecule has 1 N–H and O–H groups in total. The third-order valence-corrected chi connectivity index (χ3v) is 3.68. The normalized spacial score (nSPS) is 20.6. The van der Waals surface area contributed by atoms with Gasteiger partial charge in [0.25, 0.3) is 5.91 Å². The van der Waals surface area contributed by atoms with Crippen molar-refractivity contribution < 1.29 is 14.4 Å². The molecule has 0 radical (unpaired) electrons. The summed E-state index contributed by atoms with van der Waals surface area (Å²) in [5.74, 6) is -0.747. The van der Waals surface area contributed by atoms with E-state index in [2.05, 4.69) is 5.32 Å². The molecule has 1 atom stereocenters. The first-order chi connectivity index (χ1) is 10.1. The van der Waals surface area contributed by atoms with E-state index < -0.39 is 6.04 Å². The van der Waals surface area contributed by atoms with Crippen LogP contribution in [0, 0.1) is 6.92 Å². The minimum Gasteiger partial charge on any atom is -0.322 e. The van der Waals surface area contributed by atoms with Crippen LogP contribution in [0.2, 0.25) is 0 Å². The number of fused-ring (bicyclic) bond motifs is 1. The number of aryl methyl sites for hydroxylation is 1. The highest BCUT2D eigenvalue weighted by Crippen LogP contribution is 2.27. The quantitative estimate of drug-likeness (QED) is 0.801. The summed E-state index contributed by atoms with van der Waals surface area (Å²) in [6.45, 7) is 6.38. The Labute approximate surface area is 124 Å². The first kappa shape index (κ1) is 15.2. The van der Waals surface area contributed by atoms with Crippen LogP contribution in [0.5, 0.6) is 0 Å². The summed E-state index contributed by atoms with van der Waals surface area (Å²) in [6, 6.07) is 5.20. The van der Waals surface area contributed by atoms with Gasteiger partial charge in [-0.3, -0.25) is 19.7 Å². The first-order valence-corrected chi connectivity index (χ1v) is 7.30. The molecule has 1 aromatic rings. The summed E-state index contributed by atoms with van der Waals surface area (Å²) in [7, 11) is 0. The number of hydrogen-bond donors (Lipinski definition) is 1. The van der Waals surface area contributed by atoms with E-state index in [-0.39, 0.29) is 24.1 Å². The Morgan fingerprint density at radius 1 is 1.19 bits per heavy atom. The number of amides is 3. The molecule has 0 saturated carbocycles. The predicted octanol–water partition coefficient (Wildman–Crippen LogP) is 1.78. The van der Waals surface area contributed by atoms with Crippen LogP contribution in [0.25, 0.3) is 0 Å². The van der Waals surface area contributed by atoms with E-state index in [0.29, 0.717) is 18.5 Å². The zero-order valence-corrected chi connectivity index (χ0v) is 12.6. The maximum Gasteiger partial charge on any atom is 0.255 e. The van der Waals surface area contributed by atoms with E-state index >= 15 is 0 Å². The van der Waals surface area contributed by atoms with Gasteiger partial charge >= 0.3 is 0 Å². The molecule has 3 amide bonds. The van der Waals surface area contributed by atoms with Crippen molar-refractivity contribution in [3.8, 4) is 0 Å². The van der Waals surface area contributed by atoms with Crippen molar-refractivity contribution in [2.75, 3.05) is 0 Å². The van der Waals surface area contributed by atoms with Crippen LogP contribution in [0.4, 0.5) is 0 Å². The molecule has 0 unspecified atom stereocenters. The molecule has 0 aliphatic carbocycles. The lowest BCUT2D eigenvalue weighted by Gasteiger charge is -2.29. The smallest absolute Gasteiger partial charge is 0.255 e. The van der Waals surface area contributed by atoms with Gasteiger partial charge in [0.2, 0.25) is 11.8 Å². The molecular weight excluding hydrogens is 268 g/mol. The number of carbonyl (C=O) groups is 3. The van der Waals surface area contributed by atoms with Crippen molar-refractivity contribution in [3.05, 3.63) is 34.9 Å². The van der Waals surface area contributed by atoms with Crippen molar-refractivity contribution in [1.29, 1.82) is 0 Å². The molecule has 5 nitrogen and oxygen atoms in total. The van der Waals surface area contributed by atoms with Crippen LogP contribution in [0.1, 0.15) is 48.2 Å². The Hall–Kier alpha value is -2.17. The molecule has 5 heteroatoms.